The predicted octanol–water partition coefficient (Wildman–Crippen LogP) is 14.1. The lowest BCUT2D eigenvalue weighted by Gasteiger charge is -2.26. The van der Waals surface area contributed by atoms with E-state index in [9.17, 15) is 31.6 Å². The molecule has 8 heteroatoms. The maximum atomic E-state index is 11.1. The third-order valence-corrected chi connectivity index (χ3v) is 13.0. The number of nitrogens with zero attached hydrogens (tertiary/aromatic N) is 8. The molecule has 11 aromatic rings. The second kappa shape index (κ2) is 16.5. The number of fused-ring (bicyclic) bond motifs is 6. The van der Waals surface area contributed by atoms with Gasteiger partial charge < -0.3 is 9.13 Å². The summed E-state index contributed by atoms with van der Waals surface area (Å²) in [5, 5.41) is 68.7. The first-order valence-electron chi connectivity index (χ1n) is 22.0. The van der Waals surface area contributed by atoms with Crippen molar-refractivity contribution in [2.75, 3.05) is 0 Å². The smallest absolute Gasteiger partial charge is 0.0999 e. The van der Waals surface area contributed by atoms with Crippen molar-refractivity contribution in [2.24, 2.45) is 0 Å². The molecule has 0 aliphatic rings. The van der Waals surface area contributed by atoms with Crippen LogP contribution >= 0.6 is 0 Å². The number of aromatic nitrogens is 2. The third kappa shape index (κ3) is 6.32. The number of hydrogen-bond acceptors (Lipinski definition) is 6. The van der Waals surface area contributed by atoms with Gasteiger partial charge in [0.2, 0.25) is 0 Å². The molecule has 2 heterocycles. The Morgan fingerprint density at radius 2 is 0.797 bits per heavy atom. The second-order valence-electron chi connectivity index (χ2n) is 16.7. The van der Waals surface area contributed by atoms with Crippen LogP contribution in [0.5, 0.6) is 0 Å². The maximum absolute atomic E-state index is 11.1. The van der Waals surface area contributed by atoms with E-state index in [0.717, 1.165) is 60.8 Å². The van der Waals surface area contributed by atoms with Gasteiger partial charge in [-0.1, -0.05) is 109 Å². The first-order chi connectivity index (χ1) is 33.9. The molecule has 69 heavy (non-hydrogen) atoms. The van der Waals surface area contributed by atoms with Gasteiger partial charge in [-0.15, -0.1) is 0 Å². The minimum Gasteiger partial charge on any atom is -0.309 e. The summed E-state index contributed by atoms with van der Waals surface area (Å²) in [6.45, 7) is 2.04. The highest BCUT2D eigenvalue weighted by molar-refractivity contribution is 6.27. The molecule has 0 aliphatic heterocycles. The zero-order valence-corrected chi connectivity index (χ0v) is 36.8. The minimum absolute atomic E-state index is 0.125. The SMILES string of the molecule is Cc1cc(-n2c3ccccc3c3ccccc32)ccc1-c1c(-c2ccccc2)c(-c2c(C#N)cc(C#N)cc2C#N)c2c(c1-c1c(C#N)cc(C#N)cc1C#N)c1ccccc1n2-c1ccccc1. The van der Waals surface area contributed by atoms with Crippen LogP contribution in [-0.4, -0.2) is 9.13 Å². The summed E-state index contributed by atoms with van der Waals surface area (Å²) in [6, 6.07) is 70.2. The lowest BCUT2D eigenvalue weighted by molar-refractivity contribution is 1.17. The Balaban J connectivity index is 1.45. The van der Waals surface area contributed by atoms with Gasteiger partial charge in [0.25, 0.3) is 0 Å². The average molecular weight is 877 g/mol. The molecule has 8 nitrogen and oxygen atoms in total. The number of nitriles is 6. The van der Waals surface area contributed by atoms with Crippen molar-refractivity contribution in [3.8, 4) is 92.3 Å². The average Bonchev–Trinajstić information content (AvgIpc) is 3.93. The number of aryl methyl sites for hydroxylation is 1. The molecule has 2 aromatic heterocycles. The number of para-hydroxylation sites is 4. The zero-order valence-electron chi connectivity index (χ0n) is 36.8. The van der Waals surface area contributed by atoms with Crippen molar-refractivity contribution in [3.63, 3.8) is 0 Å². The highest BCUT2D eigenvalue weighted by Crippen LogP contribution is 2.56. The lowest BCUT2D eigenvalue weighted by atomic mass is 9.76. The van der Waals surface area contributed by atoms with E-state index in [1.165, 1.54) is 24.3 Å². The quantitative estimate of drug-likeness (QED) is 0.162. The van der Waals surface area contributed by atoms with Crippen LogP contribution in [-0.2, 0) is 0 Å². The Morgan fingerprint density at radius 1 is 0.348 bits per heavy atom. The second-order valence-corrected chi connectivity index (χ2v) is 16.7. The number of rotatable bonds is 6. The molecule has 316 valence electrons. The molecule has 0 bridgehead atoms. The Bertz CT molecular complexity index is 4140. The summed E-state index contributed by atoms with van der Waals surface area (Å²) in [4.78, 5) is 0. The van der Waals surface area contributed by atoms with Crippen molar-refractivity contribution < 1.29 is 0 Å². The normalized spacial score (nSPS) is 10.9. The van der Waals surface area contributed by atoms with Crippen LogP contribution in [0.2, 0.25) is 0 Å². The monoisotopic (exact) mass is 876 g/mol. The van der Waals surface area contributed by atoms with Crippen LogP contribution in [0.15, 0.2) is 176 Å². The summed E-state index contributed by atoms with van der Waals surface area (Å²) >= 11 is 0. The molecule has 0 aliphatic carbocycles. The highest BCUT2D eigenvalue weighted by Gasteiger charge is 2.33. The van der Waals surface area contributed by atoms with Crippen LogP contribution in [0.1, 0.15) is 38.9 Å². The molecule has 0 atom stereocenters. The molecule has 0 N–H and O–H groups in total. The van der Waals surface area contributed by atoms with Crippen LogP contribution < -0.4 is 0 Å². The number of benzene rings is 9. The van der Waals surface area contributed by atoms with Crippen molar-refractivity contribution >= 4 is 43.6 Å². The molecule has 0 fully saturated rings. The first-order valence-corrected chi connectivity index (χ1v) is 22.0. The Morgan fingerprint density at radius 3 is 1.29 bits per heavy atom. The fourth-order valence-corrected chi connectivity index (χ4v) is 10.3. The van der Waals surface area contributed by atoms with Crippen LogP contribution in [0.25, 0.3) is 99.5 Å². The van der Waals surface area contributed by atoms with Gasteiger partial charge in [-0.2, -0.15) is 31.6 Å². The van der Waals surface area contributed by atoms with E-state index < -0.39 is 0 Å². The topological polar surface area (TPSA) is 153 Å². The molecule has 0 amide bonds. The summed E-state index contributed by atoms with van der Waals surface area (Å²) in [7, 11) is 0. The Hall–Kier alpha value is -10.5. The van der Waals surface area contributed by atoms with E-state index in [2.05, 4.69) is 88.0 Å². The van der Waals surface area contributed by atoms with Gasteiger partial charge in [-0.3, -0.25) is 0 Å². The molecule has 0 unspecified atom stereocenters. The minimum atomic E-state index is 0.125. The summed E-state index contributed by atoms with van der Waals surface area (Å²) < 4.78 is 4.36. The van der Waals surface area contributed by atoms with Crippen LogP contribution in [0, 0.1) is 74.9 Å². The van der Waals surface area contributed by atoms with E-state index in [0.29, 0.717) is 44.3 Å². The van der Waals surface area contributed by atoms with Gasteiger partial charge in [0.05, 0.1) is 91.9 Å². The lowest BCUT2D eigenvalue weighted by Crippen LogP contribution is -2.05. The van der Waals surface area contributed by atoms with E-state index in [-0.39, 0.29) is 33.4 Å². The Labute approximate surface area is 396 Å². The van der Waals surface area contributed by atoms with E-state index >= 15 is 0 Å². The molecule has 0 saturated heterocycles. The molecular weight excluding hydrogens is 845 g/mol. The summed E-state index contributed by atoms with van der Waals surface area (Å²) in [6.07, 6.45) is 0. The zero-order chi connectivity index (χ0) is 47.3. The van der Waals surface area contributed by atoms with Gasteiger partial charge in [0, 0.05) is 60.7 Å². The van der Waals surface area contributed by atoms with Gasteiger partial charge in [-0.05, 0) is 95.9 Å². The van der Waals surface area contributed by atoms with Gasteiger partial charge in [0.1, 0.15) is 0 Å². The predicted molar refractivity (Wildman–Crippen MR) is 270 cm³/mol. The fraction of sp³-hybridized carbons (Fsp3) is 0.0164. The van der Waals surface area contributed by atoms with Crippen LogP contribution in [0.4, 0.5) is 0 Å². The molecule has 0 saturated carbocycles. The largest absolute Gasteiger partial charge is 0.309 e. The summed E-state index contributed by atoms with van der Waals surface area (Å²) in [5.41, 5.74) is 11.4. The maximum Gasteiger partial charge on any atom is 0.0999 e. The molecule has 0 radical (unpaired) electrons. The number of hydrogen-bond donors (Lipinski definition) is 0. The van der Waals surface area contributed by atoms with E-state index in [4.69, 9.17) is 0 Å². The molecule has 0 spiro atoms. The van der Waals surface area contributed by atoms with E-state index in [1.807, 2.05) is 116 Å². The fourth-order valence-electron chi connectivity index (χ4n) is 10.3. The summed E-state index contributed by atoms with van der Waals surface area (Å²) in [5.74, 6) is 0. The first kappa shape index (κ1) is 41.2. The van der Waals surface area contributed by atoms with Gasteiger partial charge >= 0.3 is 0 Å². The van der Waals surface area contributed by atoms with Crippen LogP contribution in [0.3, 0.4) is 0 Å². The van der Waals surface area contributed by atoms with Crippen molar-refractivity contribution in [1.82, 2.24) is 9.13 Å². The van der Waals surface area contributed by atoms with Crippen molar-refractivity contribution in [3.05, 3.63) is 215 Å². The van der Waals surface area contributed by atoms with Gasteiger partial charge in [-0.25, -0.2) is 0 Å². The Kier molecular flexibility index (Phi) is 9.86. The standard InChI is InChI=1S/C61H32N8/c1-37-26-46(68-51-21-11-8-18-48(51)49-19-9-12-22-52(49)68)24-25-47(37)57-56(40-14-4-2-5-15-40)60(55-43(35-66)29-39(32-63)30-44(55)36-67)61-58(59(57)54-41(33-64)27-38(31-62)28-42(54)34-65)50-20-10-13-23-53(50)69(61)45-16-6-3-7-17-45/h2-30H,1H3. The van der Waals surface area contributed by atoms with Gasteiger partial charge in [0.15, 0.2) is 0 Å². The van der Waals surface area contributed by atoms with Crippen molar-refractivity contribution in [1.29, 1.82) is 31.6 Å². The van der Waals surface area contributed by atoms with Crippen molar-refractivity contribution in [2.45, 2.75) is 6.92 Å². The molecule has 9 aromatic carbocycles. The highest BCUT2D eigenvalue weighted by atomic mass is 15.0. The molecular formula is C61H32N8. The molecule has 11 rings (SSSR count). The van der Waals surface area contributed by atoms with E-state index in [1.54, 1.807) is 0 Å². The third-order valence-electron chi connectivity index (χ3n) is 13.0.